The second-order valence-electron chi connectivity index (χ2n) is 17.2. The lowest BCUT2D eigenvalue weighted by Crippen LogP contribution is -2.29. The van der Waals surface area contributed by atoms with E-state index >= 15 is 0 Å². The molecule has 20 heteroatoms. The molecule has 10 rings (SSSR count). The predicted octanol–water partition coefficient (Wildman–Crippen LogP) is 3.79. The van der Waals surface area contributed by atoms with Crippen LogP contribution in [0.15, 0.2) is 79.3 Å². The van der Waals surface area contributed by atoms with Gasteiger partial charge in [-0.2, -0.15) is 20.4 Å². The molecule has 20 nitrogen and oxygen atoms in total. The Bertz CT molecular complexity index is 2970. The highest BCUT2D eigenvalue weighted by Crippen LogP contribution is 2.47. The second kappa shape index (κ2) is 18.5. The molecule has 0 spiro atoms. The summed E-state index contributed by atoms with van der Waals surface area (Å²) in [7, 11) is 5.65. The number of rotatable bonds is 21. The maximum Gasteiger partial charge on any atom is 0.164 e. The Kier molecular flexibility index (Phi) is 12.0. The number of aromatic nitrogens is 12. The number of nitrogens with zero attached hydrogens (tertiary/aromatic N) is 12. The van der Waals surface area contributed by atoms with E-state index in [1.807, 2.05) is 101 Å². The van der Waals surface area contributed by atoms with E-state index in [9.17, 15) is 10.2 Å². The number of aliphatic hydroxyl groups is 2. The molecular formula is C46H54N16O4. The van der Waals surface area contributed by atoms with Gasteiger partial charge in [0.15, 0.2) is 22.9 Å². The van der Waals surface area contributed by atoms with Crippen molar-refractivity contribution in [1.29, 1.82) is 0 Å². The topological polar surface area (TPSA) is 244 Å². The summed E-state index contributed by atoms with van der Waals surface area (Å²) < 4.78 is 19.5. The van der Waals surface area contributed by atoms with Crippen molar-refractivity contribution in [3.05, 3.63) is 96.3 Å². The first kappa shape index (κ1) is 42.9. The highest BCUT2D eigenvalue weighted by molar-refractivity contribution is 5.89. The first-order valence-electron chi connectivity index (χ1n) is 22.4. The predicted molar refractivity (Wildman–Crippen MR) is 248 cm³/mol. The number of benzene rings is 2. The Morgan fingerprint density at radius 1 is 0.758 bits per heavy atom. The standard InChI is InChI=1S/C46H54N16O4/c1-48-22-35(64)26-66-37-9-5-7-28(16-37)42-53-43(49-20-30-12-13-59(2)57-30)39-24-52-62(46(39)56-42)40-17-29(40)14-31-18-33(60(3)58-31)21-50-44-38-23-51-61(32-10-11-32)45(38)55-41(54-44)27-6-4-8-36(15-27)65-25-34(63)19-47/h4-9,12-13,15-16,18,23-24,29,32,34-35,40,48,63-64H,10-11,14,17,19-22,25-26,47H2,1-3H3,(H,49,53,56)(H,50,54,55). The third kappa shape index (κ3) is 9.39. The molecule has 4 unspecified atom stereocenters. The largest absolute Gasteiger partial charge is 0.491 e. The Morgan fingerprint density at radius 3 is 2.02 bits per heavy atom. The fraction of sp³-hybridized carbons (Fsp3) is 0.391. The molecule has 8 aromatic rings. The first-order chi connectivity index (χ1) is 32.2. The number of hydrogen-bond donors (Lipinski definition) is 6. The third-order valence-corrected chi connectivity index (χ3v) is 11.9. The summed E-state index contributed by atoms with van der Waals surface area (Å²) in [5.74, 6) is 3.94. The Morgan fingerprint density at radius 2 is 1.39 bits per heavy atom. The third-order valence-electron chi connectivity index (χ3n) is 11.9. The van der Waals surface area contributed by atoms with E-state index in [1.54, 1.807) is 11.7 Å². The SMILES string of the molecule is CNCC(O)COc1cccc(-c2nc(NCc3ccn(C)n3)c3cnn(C4CC4Cc4cc(CNc5nc(-c6cccc(OCC(O)CN)c6)nc6c5cnn6C5CC5)n(C)n4)c3n2)c1. The van der Waals surface area contributed by atoms with Crippen LogP contribution in [0.2, 0.25) is 0 Å². The Hall–Kier alpha value is -7.00. The van der Waals surface area contributed by atoms with Gasteiger partial charge in [0.05, 0.1) is 65.4 Å². The summed E-state index contributed by atoms with van der Waals surface area (Å²) in [5.41, 5.74) is 11.5. The summed E-state index contributed by atoms with van der Waals surface area (Å²) in [5, 5.41) is 51.0. The van der Waals surface area contributed by atoms with E-state index in [0.717, 1.165) is 76.0 Å². The number of hydrogen-bond acceptors (Lipinski definition) is 16. The van der Waals surface area contributed by atoms with Crippen LogP contribution in [0.1, 0.15) is 48.4 Å². The van der Waals surface area contributed by atoms with Crippen LogP contribution in [-0.4, -0.2) is 115 Å². The van der Waals surface area contributed by atoms with E-state index in [1.165, 1.54) is 0 Å². The first-order valence-corrected chi connectivity index (χ1v) is 22.4. The molecule has 2 aromatic carbocycles. The molecule has 0 aliphatic heterocycles. The number of nitrogens with two attached hydrogens (primary N) is 1. The molecule has 7 N–H and O–H groups in total. The lowest BCUT2D eigenvalue weighted by molar-refractivity contribution is 0.108. The van der Waals surface area contributed by atoms with Gasteiger partial charge in [-0.3, -0.25) is 9.36 Å². The molecule has 2 aliphatic rings. The van der Waals surface area contributed by atoms with Crippen LogP contribution in [0.25, 0.3) is 44.8 Å². The van der Waals surface area contributed by atoms with Gasteiger partial charge in [0.2, 0.25) is 0 Å². The number of likely N-dealkylation sites (N-methyl/N-ethyl adjacent to an activating group) is 1. The second-order valence-corrected chi connectivity index (χ2v) is 17.2. The zero-order valence-corrected chi connectivity index (χ0v) is 37.1. The van der Waals surface area contributed by atoms with Crippen LogP contribution in [0.3, 0.4) is 0 Å². The van der Waals surface area contributed by atoms with Crippen molar-refractivity contribution in [3.63, 3.8) is 0 Å². The minimum Gasteiger partial charge on any atom is -0.491 e. The van der Waals surface area contributed by atoms with Crippen molar-refractivity contribution in [2.45, 2.75) is 63.1 Å². The van der Waals surface area contributed by atoms with Gasteiger partial charge in [-0.15, -0.1) is 0 Å². The van der Waals surface area contributed by atoms with Crippen molar-refractivity contribution < 1.29 is 19.7 Å². The van der Waals surface area contributed by atoms with Crippen LogP contribution in [0.5, 0.6) is 11.5 Å². The smallest absolute Gasteiger partial charge is 0.164 e. The monoisotopic (exact) mass is 894 g/mol. The Labute approximate surface area is 380 Å². The van der Waals surface area contributed by atoms with Gasteiger partial charge in [-0.05, 0) is 75.0 Å². The molecule has 0 radical (unpaired) electrons. The van der Waals surface area contributed by atoms with Gasteiger partial charge in [0.25, 0.3) is 0 Å². The van der Waals surface area contributed by atoms with E-state index in [-0.39, 0.29) is 25.8 Å². The van der Waals surface area contributed by atoms with E-state index in [0.29, 0.717) is 66.4 Å². The molecule has 0 saturated heterocycles. The minimum absolute atomic E-state index is 0.0928. The molecule has 0 amide bonds. The molecule has 66 heavy (non-hydrogen) atoms. The van der Waals surface area contributed by atoms with Crippen molar-refractivity contribution in [2.75, 3.05) is 44.0 Å². The van der Waals surface area contributed by atoms with Gasteiger partial charge in [-0.1, -0.05) is 24.3 Å². The summed E-state index contributed by atoms with van der Waals surface area (Å²) in [6.45, 7) is 1.75. The average molecular weight is 895 g/mol. The van der Waals surface area contributed by atoms with Crippen LogP contribution < -0.4 is 31.2 Å². The lowest BCUT2D eigenvalue weighted by atomic mass is 10.2. The van der Waals surface area contributed by atoms with E-state index in [2.05, 4.69) is 27.1 Å². The minimum atomic E-state index is -0.753. The fourth-order valence-electron chi connectivity index (χ4n) is 8.17. The summed E-state index contributed by atoms with van der Waals surface area (Å²) >= 11 is 0. The van der Waals surface area contributed by atoms with Crippen LogP contribution >= 0.6 is 0 Å². The number of anilines is 2. The molecule has 4 atom stereocenters. The molecule has 6 aromatic heterocycles. The van der Waals surface area contributed by atoms with Crippen LogP contribution in [-0.2, 0) is 33.6 Å². The number of nitrogens with one attached hydrogen (secondary N) is 3. The molecular weight excluding hydrogens is 841 g/mol. The van der Waals surface area contributed by atoms with Gasteiger partial charge >= 0.3 is 0 Å². The maximum atomic E-state index is 10.2. The highest BCUT2D eigenvalue weighted by atomic mass is 16.5. The number of ether oxygens (including phenoxy) is 2. The summed E-state index contributed by atoms with van der Waals surface area (Å²) in [4.78, 5) is 20.1. The number of aliphatic hydroxyl groups excluding tert-OH is 2. The van der Waals surface area contributed by atoms with E-state index in [4.69, 9.17) is 50.4 Å². The van der Waals surface area contributed by atoms with Gasteiger partial charge < -0.3 is 41.4 Å². The fourth-order valence-corrected chi connectivity index (χ4v) is 8.17. The van der Waals surface area contributed by atoms with E-state index < -0.39 is 12.2 Å². The van der Waals surface area contributed by atoms with Crippen molar-refractivity contribution >= 4 is 33.7 Å². The molecule has 2 fully saturated rings. The molecule has 6 heterocycles. The maximum absolute atomic E-state index is 10.2. The van der Waals surface area contributed by atoms with Crippen molar-refractivity contribution in [2.24, 2.45) is 25.7 Å². The summed E-state index contributed by atoms with van der Waals surface area (Å²) in [6.07, 6.45) is 8.04. The van der Waals surface area contributed by atoms with Gasteiger partial charge in [-0.25, -0.2) is 29.3 Å². The zero-order chi connectivity index (χ0) is 45.3. The van der Waals surface area contributed by atoms with Gasteiger partial charge in [0.1, 0.15) is 48.6 Å². The Balaban J connectivity index is 0.866. The molecule has 342 valence electrons. The molecule has 0 bridgehead atoms. The summed E-state index contributed by atoms with van der Waals surface area (Å²) in [6, 6.07) is 19.7. The number of fused-ring (bicyclic) bond motifs is 2. The lowest BCUT2D eigenvalue weighted by Gasteiger charge is -2.13. The molecule has 2 aliphatic carbocycles. The zero-order valence-electron chi connectivity index (χ0n) is 37.1. The molecule has 2 saturated carbocycles. The quantitative estimate of drug-likeness (QED) is 0.0601. The number of aryl methyl sites for hydroxylation is 2. The highest BCUT2D eigenvalue weighted by Gasteiger charge is 2.41. The van der Waals surface area contributed by atoms with Crippen LogP contribution in [0, 0.1) is 5.92 Å². The van der Waals surface area contributed by atoms with Gasteiger partial charge in [0, 0.05) is 44.5 Å². The van der Waals surface area contributed by atoms with Crippen molar-refractivity contribution in [3.8, 4) is 34.3 Å². The average Bonchev–Trinajstić information content (AvgIpc) is 4.10. The van der Waals surface area contributed by atoms with Crippen LogP contribution in [0.4, 0.5) is 11.6 Å². The van der Waals surface area contributed by atoms with Crippen molar-refractivity contribution in [1.82, 2.24) is 64.4 Å². The normalized spacial score (nSPS) is 16.8.